The second-order valence-corrected chi connectivity index (χ2v) is 3.52. The van der Waals surface area contributed by atoms with Crippen molar-refractivity contribution in [2.75, 3.05) is 0 Å². The molecule has 0 aliphatic carbocycles. The molecule has 6 nitrogen and oxygen atoms in total. The lowest BCUT2D eigenvalue weighted by atomic mass is 10.1. The molecule has 0 fully saturated rings. The first-order valence-electron chi connectivity index (χ1n) is 5.21. The maximum Gasteiger partial charge on any atom is 0.251 e. The van der Waals surface area contributed by atoms with Crippen molar-refractivity contribution in [1.29, 1.82) is 0 Å². The van der Waals surface area contributed by atoms with Gasteiger partial charge >= 0.3 is 0 Å². The third-order valence-corrected chi connectivity index (χ3v) is 2.33. The monoisotopic (exact) mass is 231 g/mol. The number of amides is 1. The van der Waals surface area contributed by atoms with E-state index >= 15 is 0 Å². The van der Waals surface area contributed by atoms with Crippen LogP contribution in [-0.2, 0) is 13.1 Å². The van der Waals surface area contributed by atoms with Crippen LogP contribution in [0.2, 0.25) is 0 Å². The van der Waals surface area contributed by atoms with Crippen molar-refractivity contribution in [3.8, 4) is 0 Å². The molecule has 1 aromatic carbocycles. The zero-order chi connectivity index (χ0) is 12.1. The Bertz CT molecular complexity index is 477. The van der Waals surface area contributed by atoms with E-state index in [1.165, 1.54) is 6.33 Å². The predicted molar refractivity (Wildman–Crippen MR) is 61.9 cm³/mol. The third kappa shape index (κ3) is 2.88. The molecule has 0 unspecified atom stereocenters. The normalized spacial score (nSPS) is 10.2. The summed E-state index contributed by atoms with van der Waals surface area (Å²) in [5, 5.41) is 9.10. The quantitative estimate of drug-likeness (QED) is 0.700. The fourth-order valence-corrected chi connectivity index (χ4v) is 1.37. The third-order valence-electron chi connectivity index (χ3n) is 2.33. The molecular formula is C11H13N5O. The number of hydrogen-bond acceptors (Lipinski definition) is 4. The van der Waals surface area contributed by atoms with Gasteiger partial charge in [0.2, 0.25) is 0 Å². The van der Waals surface area contributed by atoms with Crippen LogP contribution in [0.15, 0.2) is 30.6 Å². The second-order valence-electron chi connectivity index (χ2n) is 3.52. The number of carbonyl (C=O) groups excluding carboxylic acids is 1. The van der Waals surface area contributed by atoms with Crippen LogP contribution < -0.4 is 11.1 Å². The summed E-state index contributed by atoms with van der Waals surface area (Å²) < 4.78 is 0. The minimum Gasteiger partial charge on any atom is -0.345 e. The topological polar surface area (TPSA) is 96.7 Å². The van der Waals surface area contributed by atoms with Crippen LogP contribution in [0.4, 0.5) is 0 Å². The zero-order valence-corrected chi connectivity index (χ0v) is 9.18. The molecule has 6 heteroatoms. The van der Waals surface area contributed by atoms with Crippen LogP contribution in [0.1, 0.15) is 21.7 Å². The molecule has 1 aromatic heterocycles. The number of nitrogens with one attached hydrogen (secondary N) is 2. The van der Waals surface area contributed by atoms with E-state index in [0.29, 0.717) is 24.5 Å². The van der Waals surface area contributed by atoms with Gasteiger partial charge in [-0.2, -0.15) is 5.10 Å². The SMILES string of the molecule is NCc1ccc(C(=O)NCc2ncn[nH]2)cc1. The molecule has 0 aliphatic rings. The van der Waals surface area contributed by atoms with Crippen molar-refractivity contribution in [2.45, 2.75) is 13.1 Å². The Hall–Kier alpha value is -2.21. The summed E-state index contributed by atoms with van der Waals surface area (Å²) in [6, 6.07) is 7.17. The van der Waals surface area contributed by atoms with Crippen LogP contribution >= 0.6 is 0 Å². The van der Waals surface area contributed by atoms with Crippen molar-refractivity contribution in [2.24, 2.45) is 5.73 Å². The summed E-state index contributed by atoms with van der Waals surface area (Å²) in [5.41, 5.74) is 7.07. The van der Waals surface area contributed by atoms with Crippen molar-refractivity contribution < 1.29 is 4.79 Å². The maximum absolute atomic E-state index is 11.7. The first-order valence-corrected chi connectivity index (χ1v) is 5.21. The molecule has 2 rings (SSSR count). The molecule has 0 radical (unpaired) electrons. The average molecular weight is 231 g/mol. The van der Waals surface area contributed by atoms with Gasteiger partial charge in [0.15, 0.2) is 0 Å². The molecule has 0 spiro atoms. The van der Waals surface area contributed by atoms with Gasteiger partial charge in [-0.25, -0.2) is 4.98 Å². The summed E-state index contributed by atoms with van der Waals surface area (Å²) in [6.45, 7) is 0.803. The van der Waals surface area contributed by atoms with Gasteiger partial charge < -0.3 is 11.1 Å². The van der Waals surface area contributed by atoms with Crippen LogP contribution in [-0.4, -0.2) is 21.1 Å². The van der Waals surface area contributed by atoms with Gasteiger partial charge in [-0.15, -0.1) is 0 Å². The lowest BCUT2D eigenvalue weighted by molar-refractivity contribution is 0.0950. The smallest absolute Gasteiger partial charge is 0.251 e. The summed E-state index contributed by atoms with van der Waals surface area (Å²) in [6.07, 6.45) is 1.40. The van der Waals surface area contributed by atoms with Crippen LogP contribution in [0.5, 0.6) is 0 Å². The molecule has 17 heavy (non-hydrogen) atoms. The highest BCUT2D eigenvalue weighted by atomic mass is 16.1. The van der Waals surface area contributed by atoms with Gasteiger partial charge in [0.05, 0.1) is 6.54 Å². The number of H-pyrrole nitrogens is 1. The number of nitrogens with zero attached hydrogens (tertiary/aromatic N) is 2. The van der Waals surface area contributed by atoms with E-state index in [1.807, 2.05) is 12.1 Å². The number of benzene rings is 1. The van der Waals surface area contributed by atoms with Crippen molar-refractivity contribution in [3.63, 3.8) is 0 Å². The lowest BCUT2D eigenvalue weighted by Gasteiger charge is -2.03. The van der Waals surface area contributed by atoms with E-state index < -0.39 is 0 Å². The number of aromatic nitrogens is 3. The highest BCUT2D eigenvalue weighted by molar-refractivity contribution is 5.94. The zero-order valence-electron chi connectivity index (χ0n) is 9.18. The van der Waals surface area contributed by atoms with Crippen molar-refractivity contribution in [3.05, 3.63) is 47.5 Å². The molecule has 0 saturated heterocycles. The maximum atomic E-state index is 11.7. The molecule has 1 heterocycles. The summed E-state index contributed by atoms with van der Waals surface area (Å²) in [7, 11) is 0. The first kappa shape index (κ1) is 11.3. The molecule has 4 N–H and O–H groups in total. The van der Waals surface area contributed by atoms with E-state index in [2.05, 4.69) is 20.5 Å². The fraction of sp³-hybridized carbons (Fsp3) is 0.182. The van der Waals surface area contributed by atoms with Gasteiger partial charge in [-0.05, 0) is 17.7 Å². The Balaban J connectivity index is 1.95. The molecule has 0 saturated carbocycles. The molecule has 2 aromatic rings. The second kappa shape index (κ2) is 5.22. The van der Waals surface area contributed by atoms with E-state index in [4.69, 9.17) is 5.73 Å². The Kier molecular flexibility index (Phi) is 3.46. The minimum absolute atomic E-state index is 0.148. The molecule has 1 amide bonds. The van der Waals surface area contributed by atoms with E-state index in [1.54, 1.807) is 12.1 Å². The van der Waals surface area contributed by atoms with Gasteiger partial charge in [0, 0.05) is 12.1 Å². The van der Waals surface area contributed by atoms with Gasteiger partial charge in [-0.1, -0.05) is 12.1 Å². The number of aromatic amines is 1. The van der Waals surface area contributed by atoms with Crippen molar-refractivity contribution in [1.82, 2.24) is 20.5 Å². The number of carbonyl (C=O) groups is 1. The predicted octanol–water partition coefficient (Wildman–Crippen LogP) is 0.193. The number of rotatable bonds is 4. The van der Waals surface area contributed by atoms with Gasteiger partial charge in [0.25, 0.3) is 5.91 Å². The number of hydrogen-bond donors (Lipinski definition) is 3. The summed E-state index contributed by atoms with van der Waals surface area (Å²) >= 11 is 0. The Morgan fingerprint density at radius 2 is 2.12 bits per heavy atom. The molecule has 0 atom stereocenters. The highest BCUT2D eigenvalue weighted by Crippen LogP contribution is 2.03. The largest absolute Gasteiger partial charge is 0.345 e. The number of nitrogens with two attached hydrogens (primary N) is 1. The Labute approximate surface area is 98.3 Å². The average Bonchev–Trinajstić information content (AvgIpc) is 2.89. The lowest BCUT2D eigenvalue weighted by Crippen LogP contribution is -2.23. The molecule has 0 bridgehead atoms. The van der Waals surface area contributed by atoms with Gasteiger partial charge in [-0.3, -0.25) is 9.89 Å². The van der Waals surface area contributed by atoms with Crippen LogP contribution in [0, 0.1) is 0 Å². The van der Waals surface area contributed by atoms with Crippen LogP contribution in [0.3, 0.4) is 0 Å². The van der Waals surface area contributed by atoms with E-state index in [-0.39, 0.29) is 5.91 Å². The summed E-state index contributed by atoms with van der Waals surface area (Å²) in [5.74, 6) is 0.474. The Morgan fingerprint density at radius 3 is 2.71 bits per heavy atom. The van der Waals surface area contributed by atoms with Crippen LogP contribution in [0.25, 0.3) is 0 Å². The molecule has 0 aliphatic heterocycles. The van der Waals surface area contributed by atoms with Crippen molar-refractivity contribution >= 4 is 5.91 Å². The molecular weight excluding hydrogens is 218 g/mol. The van der Waals surface area contributed by atoms with E-state index in [9.17, 15) is 4.79 Å². The Morgan fingerprint density at radius 1 is 1.35 bits per heavy atom. The van der Waals surface area contributed by atoms with E-state index in [0.717, 1.165) is 5.56 Å². The fourth-order valence-electron chi connectivity index (χ4n) is 1.37. The minimum atomic E-state index is -0.148. The highest BCUT2D eigenvalue weighted by Gasteiger charge is 2.05. The first-order chi connectivity index (χ1) is 8.29. The summed E-state index contributed by atoms with van der Waals surface area (Å²) in [4.78, 5) is 15.6. The van der Waals surface area contributed by atoms with Gasteiger partial charge in [0.1, 0.15) is 12.2 Å². The molecule has 88 valence electrons. The standard InChI is InChI=1S/C11H13N5O/c12-5-8-1-3-9(4-2-8)11(17)13-6-10-14-7-15-16-10/h1-4,7H,5-6,12H2,(H,13,17)(H,14,15,16).